The SMILES string of the molecule is O=C(CSc1nc(C(F)(F)F)cc(=O)[nH]1)Nc1ccc(N2CCCCC2)cc1. The lowest BCUT2D eigenvalue weighted by Gasteiger charge is -2.28. The zero-order valence-corrected chi connectivity index (χ0v) is 15.7. The third-order valence-corrected chi connectivity index (χ3v) is 5.10. The minimum Gasteiger partial charge on any atom is -0.372 e. The number of aromatic nitrogens is 2. The molecule has 0 radical (unpaired) electrons. The fraction of sp³-hybridized carbons (Fsp3) is 0.389. The van der Waals surface area contributed by atoms with Crippen LogP contribution < -0.4 is 15.8 Å². The number of hydrogen-bond acceptors (Lipinski definition) is 5. The van der Waals surface area contributed by atoms with Gasteiger partial charge in [0.05, 0.1) is 5.75 Å². The summed E-state index contributed by atoms with van der Waals surface area (Å²) in [6, 6.07) is 7.82. The molecule has 3 rings (SSSR count). The summed E-state index contributed by atoms with van der Waals surface area (Å²) in [5.74, 6) is -0.589. The van der Waals surface area contributed by atoms with Crippen LogP contribution in [-0.2, 0) is 11.0 Å². The molecule has 1 aromatic carbocycles. The van der Waals surface area contributed by atoms with Gasteiger partial charge in [-0.15, -0.1) is 0 Å². The number of amides is 1. The van der Waals surface area contributed by atoms with E-state index in [0.717, 1.165) is 30.5 Å². The Morgan fingerprint density at radius 1 is 1.18 bits per heavy atom. The first kappa shape index (κ1) is 20.2. The first-order chi connectivity index (χ1) is 13.3. The molecule has 1 aromatic heterocycles. The Morgan fingerprint density at radius 3 is 2.50 bits per heavy atom. The van der Waals surface area contributed by atoms with Gasteiger partial charge in [-0.2, -0.15) is 13.2 Å². The van der Waals surface area contributed by atoms with Gasteiger partial charge in [0.25, 0.3) is 5.56 Å². The predicted octanol–water partition coefficient (Wildman–Crippen LogP) is 3.51. The highest BCUT2D eigenvalue weighted by Gasteiger charge is 2.33. The molecule has 1 amide bonds. The van der Waals surface area contributed by atoms with Crippen LogP contribution in [0.15, 0.2) is 40.3 Å². The number of rotatable bonds is 5. The van der Waals surface area contributed by atoms with Crippen molar-refractivity contribution < 1.29 is 18.0 Å². The molecule has 150 valence electrons. The number of H-pyrrole nitrogens is 1. The Morgan fingerprint density at radius 2 is 1.86 bits per heavy atom. The van der Waals surface area contributed by atoms with Crippen LogP contribution in [0.2, 0.25) is 0 Å². The molecular formula is C18H19F3N4O2S. The number of hydrogen-bond donors (Lipinski definition) is 2. The summed E-state index contributed by atoms with van der Waals surface area (Å²) in [5, 5.41) is 2.43. The highest BCUT2D eigenvalue weighted by Crippen LogP contribution is 2.27. The van der Waals surface area contributed by atoms with E-state index in [0.29, 0.717) is 11.8 Å². The second-order valence-corrected chi connectivity index (χ2v) is 7.33. The van der Waals surface area contributed by atoms with Gasteiger partial charge in [-0.3, -0.25) is 9.59 Å². The zero-order chi connectivity index (χ0) is 20.1. The molecular weight excluding hydrogens is 393 g/mol. The highest BCUT2D eigenvalue weighted by molar-refractivity contribution is 7.99. The van der Waals surface area contributed by atoms with Gasteiger partial charge >= 0.3 is 6.18 Å². The van der Waals surface area contributed by atoms with Gasteiger partial charge in [0, 0.05) is 30.5 Å². The maximum absolute atomic E-state index is 12.7. The molecule has 0 bridgehead atoms. The van der Waals surface area contributed by atoms with Crippen LogP contribution in [0, 0.1) is 0 Å². The summed E-state index contributed by atoms with van der Waals surface area (Å²) < 4.78 is 38.1. The molecule has 2 aromatic rings. The quantitative estimate of drug-likeness (QED) is 0.581. The van der Waals surface area contributed by atoms with E-state index in [-0.39, 0.29) is 10.9 Å². The van der Waals surface area contributed by atoms with E-state index in [1.165, 1.54) is 19.3 Å². The molecule has 1 aliphatic heterocycles. The number of alkyl halides is 3. The van der Waals surface area contributed by atoms with Crippen LogP contribution in [0.5, 0.6) is 0 Å². The number of benzene rings is 1. The topological polar surface area (TPSA) is 78.1 Å². The Labute approximate surface area is 163 Å². The lowest BCUT2D eigenvalue weighted by atomic mass is 10.1. The summed E-state index contributed by atoms with van der Waals surface area (Å²) >= 11 is 0.731. The van der Waals surface area contributed by atoms with Gasteiger partial charge in [-0.25, -0.2) is 4.98 Å². The molecule has 10 heteroatoms. The van der Waals surface area contributed by atoms with E-state index in [1.807, 2.05) is 12.1 Å². The molecule has 0 unspecified atom stereocenters. The maximum Gasteiger partial charge on any atom is 0.433 e. The van der Waals surface area contributed by atoms with Gasteiger partial charge in [0.15, 0.2) is 10.9 Å². The first-order valence-electron chi connectivity index (χ1n) is 8.77. The van der Waals surface area contributed by atoms with Crippen LogP contribution in [-0.4, -0.2) is 34.7 Å². The van der Waals surface area contributed by atoms with Crippen molar-refractivity contribution >= 4 is 29.0 Å². The summed E-state index contributed by atoms with van der Waals surface area (Å²) in [5.41, 5.74) is -0.513. The monoisotopic (exact) mass is 412 g/mol. The van der Waals surface area contributed by atoms with Crippen molar-refractivity contribution in [3.8, 4) is 0 Å². The number of piperidine rings is 1. The number of carbonyl (C=O) groups is 1. The molecule has 1 fully saturated rings. The molecule has 0 saturated carbocycles. The number of anilines is 2. The molecule has 1 saturated heterocycles. The molecule has 0 aliphatic carbocycles. The van der Waals surface area contributed by atoms with Crippen LogP contribution in [0.1, 0.15) is 25.0 Å². The summed E-state index contributed by atoms with van der Waals surface area (Å²) in [6.45, 7) is 2.04. The van der Waals surface area contributed by atoms with E-state index < -0.39 is 23.3 Å². The van der Waals surface area contributed by atoms with Gasteiger partial charge in [0.1, 0.15) is 0 Å². The van der Waals surface area contributed by atoms with Crippen LogP contribution >= 0.6 is 11.8 Å². The molecule has 6 nitrogen and oxygen atoms in total. The minimum absolute atomic E-state index is 0.182. The van der Waals surface area contributed by atoms with Crippen molar-refractivity contribution in [2.45, 2.75) is 30.6 Å². The smallest absolute Gasteiger partial charge is 0.372 e. The fourth-order valence-electron chi connectivity index (χ4n) is 2.89. The number of carbonyl (C=O) groups excluding carboxylic acids is 1. The molecule has 1 aliphatic rings. The third kappa shape index (κ3) is 5.51. The predicted molar refractivity (Wildman–Crippen MR) is 102 cm³/mol. The van der Waals surface area contributed by atoms with E-state index in [1.54, 1.807) is 12.1 Å². The summed E-state index contributed by atoms with van der Waals surface area (Å²) in [6.07, 6.45) is -1.14. The van der Waals surface area contributed by atoms with Crippen LogP contribution in [0.3, 0.4) is 0 Å². The number of nitrogens with zero attached hydrogens (tertiary/aromatic N) is 2. The van der Waals surface area contributed by atoms with Crippen molar-refractivity contribution in [3.05, 3.63) is 46.4 Å². The Balaban J connectivity index is 1.56. The molecule has 0 atom stereocenters. The molecule has 0 spiro atoms. The first-order valence-corrected chi connectivity index (χ1v) is 9.76. The second-order valence-electron chi connectivity index (χ2n) is 6.36. The van der Waals surface area contributed by atoms with Crippen molar-refractivity contribution in [2.24, 2.45) is 0 Å². The summed E-state index contributed by atoms with van der Waals surface area (Å²) in [4.78, 5) is 31.2. The standard InChI is InChI=1S/C18H19F3N4O2S/c19-18(20,21)14-10-15(26)24-17(23-14)28-11-16(27)22-12-4-6-13(7-5-12)25-8-2-1-3-9-25/h4-7,10H,1-3,8-9,11H2,(H,22,27)(H,23,24,26). The highest BCUT2D eigenvalue weighted by atomic mass is 32.2. The number of aromatic amines is 1. The Kier molecular flexibility index (Phi) is 6.28. The van der Waals surface area contributed by atoms with Gasteiger partial charge in [-0.1, -0.05) is 11.8 Å². The number of halogens is 3. The largest absolute Gasteiger partial charge is 0.433 e. The molecule has 28 heavy (non-hydrogen) atoms. The molecule has 2 N–H and O–H groups in total. The van der Waals surface area contributed by atoms with Gasteiger partial charge in [-0.05, 0) is 43.5 Å². The lowest BCUT2D eigenvalue weighted by Crippen LogP contribution is -2.29. The number of nitrogens with one attached hydrogen (secondary N) is 2. The fourth-order valence-corrected chi connectivity index (χ4v) is 3.56. The van der Waals surface area contributed by atoms with Crippen molar-refractivity contribution in [1.29, 1.82) is 0 Å². The van der Waals surface area contributed by atoms with Gasteiger partial charge < -0.3 is 15.2 Å². The summed E-state index contributed by atoms with van der Waals surface area (Å²) in [7, 11) is 0. The van der Waals surface area contributed by atoms with Crippen LogP contribution in [0.25, 0.3) is 0 Å². The average Bonchev–Trinajstić information content (AvgIpc) is 2.67. The number of thioether (sulfide) groups is 1. The lowest BCUT2D eigenvalue weighted by molar-refractivity contribution is -0.141. The van der Waals surface area contributed by atoms with Crippen LogP contribution in [0.4, 0.5) is 24.5 Å². The van der Waals surface area contributed by atoms with Crippen molar-refractivity contribution in [1.82, 2.24) is 9.97 Å². The average molecular weight is 412 g/mol. The van der Waals surface area contributed by atoms with Gasteiger partial charge in [0.2, 0.25) is 5.91 Å². The Bertz CT molecular complexity index is 878. The van der Waals surface area contributed by atoms with E-state index >= 15 is 0 Å². The van der Waals surface area contributed by atoms with E-state index in [2.05, 4.69) is 20.2 Å². The minimum atomic E-state index is -4.72. The maximum atomic E-state index is 12.7. The van der Waals surface area contributed by atoms with E-state index in [9.17, 15) is 22.8 Å². The Hall–Kier alpha value is -2.49. The zero-order valence-electron chi connectivity index (χ0n) is 14.9. The van der Waals surface area contributed by atoms with Crippen molar-refractivity contribution in [3.63, 3.8) is 0 Å². The second kappa shape index (κ2) is 8.68. The molecule has 2 heterocycles. The normalized spacial score (nSPS) is 14.8. The van der Waals surface area contributed by atoms with E-state index in [4.69, 9.17) is 0 Å². The third-order valence-electron chi connectivity index (χ3n) is 4.22. The van der Waals surface area contributed by atoms with Crippen molar-refractivity contribution in [2.75, 3.05) is 29.1 Å².